The fraction of sp³-hybridized carbons (Fsp3) is 0.429. The number of methoxy groups -OCH3 is 2. The number of amides is 2. The molecule has 1 saturated heterocycles. The molecular formula is C21H26N2O6. The summed E-state index contributed by atoms with van der Waals surface area (Å²) in [6.07, 6.45) is 4.21. The fourth-order valence-electron chi connectivity index (χ4n) is 3.09. The monoisotopic (exact) mass is 402 g/mol. The molecule has 0 aliphatic carbocycles. The zero-order valence-electron chi connectivity index (χ0n) is 16.7. The van der Waals surface area contributed by atoms with Crippen LogP contribution < -0.4 is 0 Å². The van der Waals surface area contributed by atoms with Gasteiger partial charge in [0.15, 0.2) is 0 Å². The van der Waals surface area contributed by atoms with Crippen LogP contribution in [0.3, 0.4) is 0 Å². The normalized spacial score (nSPS) is 14.5. The number of esters is 2. The van der Waals surface area contributed by atoms with E-state index in [1.807, 2.05) is 30.3 Å². The predicted octanol–water partition coefficient (Wildman–Crippen LogP) is 1.11. The summed E-state index contributed by atoms with van der Waals surface area (Å²) >= 11 is 0. The highest BCUT2D eigenvalue weighted by Crippen LogP contribution is 2.20. The number of piperidine rings is 1. The molecule has 8 nitrogen and oxygen atoms in total. The average molecular weight is 402 g/mol. The van der Waals surface area contributed by atoms with E-state index >= 15 is 0 Å². The van der Waals surface area contributed by atoms with Gasteiger partial charge >= 0.3 is 11.9 Å². The second kappa shape index (κ2) is 11.0. The second-order valence-electron chi connectivity index (χ2n) is 6.69. The van der Waals surface area contributed by atoms with E-state index in [0.29, 0.717) is 25.9 Å². The number of hydrogen-bond donors (Lipinski definition) is 0. The van der Waals surface area contributed by atoms with Crippen molar-refractivity contribution in [3.63, 3.8) is 0 Å². The van der Waals surface area contributed by atoms with Gasteiger partial charge in [-0.2, -0.15) is 0 Å². The molecule has 2 amide bonds. The first-order valence-corrected chi connectivity index (χ1v) is 9.39. The number of carbonyl (C=O) groups is 4. The van der Waals surface area contributed by atoms with E-state index in [-0.39, 0.29) is 30.8 Å². The van der Waals surface area contributed by atoms with Gasteiger partial charge in [0.05, 0.1) is 14.2 Å². The third kappa shape index (κ3) is 6.74. The molecule has 0 bridgehead atoms. The molecule has 1 heterocycles. The van der Waals surface area contributed by atoms with Crippen molar-refractivity contribution < 1.29 is 28.7 Å². The molecular weight excluding hydrogens is 376 g/mol. The van der Waals surface area contributed by atoms with Gasteiger partial charge in [-0.15, -0.1) is 0 Å². The molecule has 0 aromatic heterocycles. The van der Waals surface area contributed by atoms with Gasteiger partial charge in [-0.05, 0) is 24.5 Å². The predicted molar refractivity (Wildman–Crippen MR) is 105 cm³/mol. The third-order valence-electron chi connectivity index (χ3n) is 4.78. The van der Waals surface area contributed by atoms with E-state index in [2.05, 4.69) is 9.47 Å². The summed E-state index contributed by atoms with van der Waals surface area (Å²) in [4.78, 5) is 51.2. The van der Waals surface area contributed by atoms with Gasteiger partial charge in [0.25, 0.3) is 0 Å². The van der Waals surface area contributed by atoms with Gasteiger partial charge in [0.1, 0.15) is 13.1 Å². The van der Waals surface area contributed by atoms with Crippen LogP contribution in [0, 0.1) is 5.92 Å². The number of benzene rings is 1. The summed E-state index contributed by atoms with van der Waals surface area (Å²) in [5, 5.41) is 0. The molecule has 29 heavy (non-hydrogen) atoms. The van der Waals surface area contributed by atoms with Crippen LogP contribution in [-0.4, -0.2) is 74.0 Å². The standard InChI is InChI=1S/C21H26N2O6/c1-28-19(25)14-23(15-20(26)29-2)21(27)17-10-12-22(13-11-17)18(24)9-8-16-6-4-3-5-7-16/h3-9,17H,10-15H2,1-2H3/b9-8+. The minimum Gasteiger partial charge on any atom is -0.468 e. The van der Waals surface area contributed by atoms with Crippen molar-refractivity contribution in [3.05, 3.63) is 42.0 Å². The molecule has 0 unspecified atom stereocenters. The first-order chi connectivity index (χ1) is 13.9. The summed E-state index contributed by atoms with van der Waals surface area (Å²) in [7, 11) is 2.44. The number of nitrogens with zero attached hydrogens (tertiary/aromatic N) is 2. The van der Waals surface area contributed by atoms with Crippen molar-refractivity contribution in [2.24, 2.45) is 5.92 Å². The second-order valence-corrected chi connectivity index (χ2v) is 6.69. The van der Waals surface area contributed by atoms with Crippen molar-refractivity contribution in [2.45, 2.75) is 12.8 Å². The van der Waals surface area contributed by atoms with Gasteiger partial charge in [0.2, 0.25) is 11.8 Å². The van der Waals surface area contributed by atoms with E-state index in [0.717, 1.165) is 10.5 Å². The van der Waals surface area contributed by atoms with Crippen LogP contribution >= 0.6 is 0 Å². The highest BCUT2D eigenvalue weighted by molar-refractivity contribution is 5.92. The topological polar surface area (TPSA) is 93.2 Å². The lowest BCUT2D eigenvalue weighted by Gasteiger charge is -2.33. The molecule has 8 heteroatoms. The SMILES string of the molecule is COC(=O)CN(CC(=O)OC)C(=O)C1CCN(C(=O)/C=C/c2ccccc2)CC1. The maximum atomic E-state index is 12.8. The Morgan fingerprint density at radius 2 is 1.55 bits per heavy atom. The molecule has 1 aromatic rings. The molecule has 0 radical (unpaired) electrons. The maximum Gasteiger partial charge on any atom is 0.325 e. The van der Waals surface area contributed by atoms with E-state index < -0.39 is 11.9 Å². The maximum absolute atomic E-state index is 12.8. The molecule has 0 spiro atoms. The van der Waals surface area contributed by atoms with Gasteiger partial charge in [0, 0.05) is 25.1 Å². The molecule has 1 fully saturated rings. The first kappa shape index (κ1) is 22.1. The van der Waals surface area contributed by atoms with Crippen LogP contribution in [0.2, 0.25) is 0 Å². The lowest BCUT2D eigenvalue weighted by atomic mass is 9.95. The van der Waals surface area contributed by atoms with Crippen molar-refractivity contribution >= 4 is 29.8 Å². The molecule has 1 aliphatic heterocycles. The number of carbonyl (C=O) groups excluding carboxylic acids is 4. The molecule has 1 aromatic carbocycles. The zero-order chi connectivity index (χ0) is 21.2. The van der Waals surface area contributed by atoms with Crippen molar-refractivity contribution in [2.75, 3.05) is 40.4 Å². The van der Waals surface area contributed by atoms with E-state index in [4.69, 9.17) is 0 Å². The largest absolute Gasteiger partial charge is 0.468 e. The number of hydrogen-bond acceptors (Lipinski definition) is 6. The summed E-state index contributed by atoms with van der Waals surface area (Å²) in [5.41, 5.74) is 0.937. The smallest absolute Gasteiger partial charge is 0.325 e. The first-order valence-electron chi connectivity index (χ1n) is 9.39. The minimum absolute atomic E-state index is 0.110. The summed E-state index contributed by atoms with van der Waals surface area (Å²) in [6, 6.07) is 9.52. The van der Waals surface area contributed by atoms with Crippen LogP contribution in [0.5, 0.6) is 0 Å². The number of likely N-dealkylation sites (tertiary alicyclic amines) is 1. The van der Waals surface area contributed by atoms with E-state index in [1.165, 1.54) is 20.3 Å². The van der Waals surface area contributed by atoms with Crippen molar-refractivity contribution in [1.29, 1.82) is 0 Å². The Hall–Kier alpha value is -3.16. The molecule has 2 rings (SSSR count). The van der Waals surface area contributed by atoms with Crippen LogP contribution in [0.1, 0.15) is 18.4 Å². The lowest BCUT2D eigenvalue weighted by molar-refractivity contribution is -0.154. The van der Waals surface area contributed by atoms with Crippen LogP contribution in [0.15, 0.2) is 36.4 Å². The van der Waals surface area contributed by atoms with E-state index in [9.17, 15) is 19.2 Å². The molecule has 0 saturated carbocycles. The quantitative estimate of drug-likeness (QED) is 0.501. The van der Waals surface area contributed by atoms with Crippen LogP contribution in [-0.2, 0) is 28.7 Å². The highest BCUT2D eigenvalue weighted by Gasteiger charge is 2.31. The van der Waals surface area contributed by atoms with Crippen molar-refractivity contribution in [3.8, 4) is 0 Å². The average Bonchev–Trinajstić information content (AvgIpc) is 2.77. The fourth-order valence-corrected chi connectivity index (χ4v) is 3.09. The Morgan fingerprint density at radius 3 is 2.07 bits per heavy atom. The lowest BCUT2D eigenvalue weighted by Crippen LogP contribution is -2.47. The highest BCUT2D eigenvalue weighted by atomic mass is 16.5. The van der Waals surface area contributed by atoms with Gasteiger partial charge in [-0.1, -0.05) is 30.3 Å². The Balaban J connectivity index is 1.92. The number of rotatable bonds is 7. The molecule has 0 atom stereocenters. The summed E-state index contributed by atoms with van der Waals surface area (Å²) in [6.45, 7) is 0.226. The zero-order valence-corrected chi connectivity index (χ0v) is 16.7. The van der Waals surface area contributed by atoms with E-state index in [1.54, 1.807) is 11.0 Å². The van der Waals surface area contributed by atoms with Crippen molar-refractivity contribution in [1.82, 2.24) is 9.80 Å². The Labute approximate surface area is 170 Å². The molecule has 156 valence electrons. The van der Waals surface area contributed by atoms with Gasteiger partial charge in [-0.25, -0.2) is 0 Å². The van der Waals surface area contributed by atoms with Crippen LogP contribution in [0.4, 0.5) is 0 Å². The Kier molecular flexibility index (Phi) is 8.39. The minimum atomic E-state index is -0.610. The summed E-state index contributed by atoms with van der Waals surface area (Å²) < 4.78 is 9.20. The van der Waals surface area contributed by atoms with Gasteiger partial charge in [-0.3, -0.25) is 19.2 Å². The van der Waals surface area contributed by atoms with Crippen LogP contribution in [0.25, 0.3) is 6.08 Å². The third-order valence-corrected chi connectivity index (χ3v) is 4.78. The Morgan fingerprint density at radius 1 is 1.00 bits per heavy atom. The summed E-state index contributed by atoms with van der Waals surface area (Å²) in [5.74, 6) is -2.01. The molecule has 0 N–H and O–H groups in total. The van der Waals surface area contributed by atoms with Gasteiger partial charge < -0.3 is 19.3 Å². The molecule has 1 aliphatic rings. The Bertz CT molecular complexity index is 736. The number of ether oxygens (including phenoxy) is 2.